The Morgan fingerprint density at radius 3 is 2.08 bits per heavy atom. The highest BCUT2D eigenvalue weighted by Crippen LogP contribution is 2.44. The average molecular weight is 545 g/mol. The minimum absolute atomic E-state index is 0. The SMILES string of the molecule is CCCOC(=O)[C@H](CCCCNC(=O)OC(C)(C)C)NC(=O)OCC1c2ccccc2-c2ccccc21.S. The quantitative estimate of drug-likeness (QED) is 0.215. The number of carbonyl (C=O) groups excluding carboxylic acids is 3. The van der Waals surface area contributed by atoms with Gasteiger partial charge in [-0.25, -0.2) is 14.4 Å². The van der Waals surface area contributed by atoms with E-state index in [0.29, 0.717) is 32.2 Å². The van der Waals surface area contributed by atoms with Crippen LogP contribution in [0, 0.1) is 0 Å². The molecule has 9 heteroatoms. The second-order valence-electron chi connectivity index (χ2n) is 10.1. The van der Waals surface area contributed by atoms with Crippen LogP contribution in [0.3, 0.4) is 0 Å². The Morgan fingerprint density at radius 2 is 1.50 bits per heavy atom. The van der Waals surface area contributed by atoms with Gasteiger partial charge in [-0.05, 0) is 68.7 Å². The van der Waals surface area contributed by atoms with Crippen molar-refractivity contribution in [3.8, 4) is 11.1 Å². The summed E-state index contributed by atoms with van der Waals surface area (Å²) in [6.45, 7) is 8.15. The van der Waals surface area contributed by atoms with Crippen LogP contribution in [-0.2, 0) is 19.0 Å². The van der Waals surface area contributed by atoms with E-state index in [4.69, 9.17) is 14.2 Å². The third-order valence-electron chi connectivity index (χ3n) is 5.96. The number of hydrogen-bond donors (Lipinski definition) is 2. The number of unbranched alkanes of at least 4 members (excludes halogenated alkanes) is 1. The van der Waals surface area contributed by atoms with Crippen LogP contribution < -0.4 is 10.6 Å². The first-order chi connectivity index (χ1) is 17.7. The Morgan fingerprint density at radius 1 is 0.895 bits per heavy atom. The minimum atomic E-state index is -0.830. The van der Waals surface area contributed by atoms with Crippen molar-refractivity contribution in [3.63, 3.8) is 0 Å². The molecule has 2 aromatic rings. The van der Waals surface area contributed by atoms with E-state index >= 15 is 0 Å². The van der Waals surface area contributed by atoms with Gasteiger partial charge in [0.05, 0.1) is 6.61 Å². The molecule has 0 aromatic heterocycles. The lowest BCUT2D eigenvalue weighted by Gasteiger charge is -2.20. The molecule has 1 aliphatic rings. The van der Waals surface area contributed by atoms with E-state index in [0.717, 1.165) is 22.3 Å². The van der Waals surface area contributed by atoms with Gasteiger partial charge in [-0.15, -0.1) is 0 Å². The Kier molecular flexibility index (Phi) is 12.0. The second kappa shape index (κ2) is 14.7. The first kappa shape index (κ1) is 31.0. The highest BCUT2D eigenvalue weighted by molar-refractivity contribution is 7.59. The summed E-state index contributed by atoms with van der Waals surface area (Å²) in [5, 5.41) is 5.38. The summed E-state index contributed by atoms with van der Waals surface area (Å²) in [5.41, 5.74) is 3.97. The maximum absolute atomic E-state index is 12.7. The summed E-state index contributed by atoms with van der Waals surface area (Å²) in [6.07, 6.45) is 1.11. The Labute approximate surface area is 232 Å². The van der Waals surface area contributed by atoms with Crippen molar-refractivity contribution < 1.29 is 28.6 Å². The lowest BCUT2D eigenvalue weighted by molar-refractivity contribution is -0.146. The Balaban J connectivity index is 0.00000507. The van der Waals surface area contributed by atoms with Crippen molar-refractivity contribution in [2.45, 2.75) is 70.9 Å². The number of esters is 1. The van der Waals surface area contributed by atoms with Crippen molar-refractivity contribution in [1.29, 1.82) is 0 Å². The molecule has 1 atom stereocenters. The molecule has 0 saturated carbocycles. The normalized spacial score (nSPS) is 12.8. The highest BCUT2D eigenvalue weighted by atomic mass is 32.1. The predicted molar refractivity (Wildman–Crippen MR) is 152 cm³/mol. The summed E-state index contributed by atoms with van der Waals surface area (Å²) in [6, 6.07) is 15.4. The van der Waals surface area contributed by atoms with Crippen molar-refractivity contribution in [3.05, 3.63) is 59.7 Å². The number of ether oxygens (including phenoxy) is 3. The van der Waals surface area contributed by atoms with Gasteiger partial charge in [0.25, 0.3) is 0 Å². The molecule has 0 saturated heterocycles. The molecule has 0 fully saturated rings. The highest BCUT2D eigenvalue weighted by Gasteiger charge is 2.30. The van der Waals surface area contributed by atoms with Gasteiger partial charge in [-0.1, -0.05) is 55.5 Å². The molecule has 1 aliphatic carbocycles. The molecule has 0 aliphatic heterocycles. The lowest BCUT2D eigenvalue weighted by atomic mass is 9.98. The molecule has 8 nitrogen and oxygen atoms in total. The van der Waals surface area contributed by atoms with Crippen LogP contribution in [0.25, 0.3) is 11.1 Å². The lowest BCUT2D eigenvalue weighted by Crippen LogP contribution is -2.42. The van der Waals surface area contributed by atoms with E-state index in [2.05, 4.69) is 34.9 Å². The zero-order valence-electron chi connectivity index (χ0n) is 22.7. The molecule has 0 spiro atoms. The fraction of sp³-hybridized carbons (Fsp3) is 0.483. The fourth-order valence-electron chi connectivity index (χ4n) is 4.31. The number of alkyl carbamates (subject to hydrolysis) is 2. The summed E-state index contributed by atoms with van der Waals surface area (Å²) < 4.78 is 16.1. The molecule has 2 aromatic carbocycles. The van der Waals surface area contributed by atoms with Crippen molar-refractivity contribution >= 4 is 31.7 Å². The van der Waals surface area contributed by atoms with Crippen LogP contribution in [0.5, 0.6) is 0 Å². The van der Waals surface area contributed by atoms with Gasteiger partial charge in [0.1, 0.15) is 18.2 Å². The molecule has 38 heavy (non-hydrogen) atoms. The van der Waals surface area contributed by atoms with E-state index in [9.17, 15) is 14.4 Å². The van der Waals surface area contributed by atoms with Crippen molar-refractivity contribution in [1.82, 2.24) is 10.6 Å². The topological polar surface area (TPSA) is 103 Å². The maximum Gasteiger partial charge on any atom is 0.407 e. The summed E-state index contributed by atoms with van der Waals surface area (Å²) in [7, 11) is 0. The molecule has 0 radical (unpaired) electrons. The van der Waals surface area contributed by atoms with Gasteiger partial charge in [-0.3, -0.25) is 0 Å². The largest absolute Gasteiger partial charge is 0.464 e. The second-order valence-corrected chi connectivity index (χ2v) is 10.1. The van der Waals surface area contributed by atoms with Crippen LogP contribution in [-0.4, -0.2) is 49.6 Å². The van der Waals surface area contributed by atoms with Gasteiger partial charge >= 0.3 is 18.2 Å². The zero-order chi connectivity index (χ0) is 26.8. The average Bonchev–Trinajstić information content (AvgIpc) is 3.17. The van der Waals surface area contributed by atoms with Crippen LogP contribution >= 0.6 is 13.5 Å². The van der Waals surface area contributed by atoms with E-state index in [1.54, 1.807) is 20.8 Å². The summed E-state index contributed by atoms with van der Waals surface area (Å²) in [4.78, 5) is 37.1. The number of carbonyl (C=O) groups is 3. The standard InChI is InChI=1S/C29H38N2O6.H2S/c1-5-18-35-26(32)25(16-10-11-17-30-27(33)37-29(2,3)4)31-28(34)36-19-24-22-14-8-6-12-20(22)21-13-7-9-15-23(21)24;/h6-9,12-15,24-25H,5,10-11,16-19H2,1-4H3,(H,30,33)(H,31,34);1H2/t25-;/m0./s1. The third kappa shape index (κ3) is 8.97. The molecule has 2 N–H and O–H groups in total. The van der Waals surface area contributed by atoms with E-state index < -0.39 is 29.8 Å². The first-order valence-corrected chi connectivity index (χ1v) is 12.9. The number of fused-ring (bicyclic) bond motifs is 3. The van der Waals surface area contributed by atoms with Crippen molar-refractivity contribution in [2.24, 2.45) is 0 Å². The molecular weight excluding hydrogens is 504 g/mol. The van der Waals surface area contributed by atoms with Gasteiger partial charge in [0.15, 0.2) is 0 Å². The molecule has 208 valence electrons. The van der Waals surface area contributed by atoms with Crippen LogP contribution in [0.15, 0.2) is 48.5 Å². The van der Waals surface area contributed by atoms with Gasteiger partial charge < -0.3 is 24.8 Å². The number of amides is 2. The minimum Gasteiger partial charge on any atom is -0.464 e. The van der Waals surface area contributed by atoms with E-state index in [1.165, 1.54) is 0 Å². The molecule has 0 heterocycles. The van der Waals surface area contributed by atoms with Gasteiger partial charge in [-0.2, -0.15) is 13.5 Å². The van der Waals surface area contributed by atoms with E-state index in [1.807, 2.05) is 31.2 Å². The monoisotopic (exact) mass is 544 g/mol. The summed E-state index contributed by atoms with van der Waals surface area (Å²) >= 11 is 0. The molecule has 3 rings (SSSR count). The molecule has 2 amide bonds. The maximum atomic E-state index is 12.7. The van der Waals surface area contributed by atoms with Crippen LogP contribution in [0.4, 0.5) is 9.59 Å². The molecule has 0 bridgehead atoms. The number of nitrogens with one attached hydrogen (secondary N) is 2. The molecular formula is C29H40N2O6S. The Hall–Kier alpha value is -3.20. The summed E-state index contributed by atoms with van der Waals surface area (Å²) in [5.74, 6) is -0.557. The van der Waals surface area contributed by atoms with Gasteiger partial charge in [0, 0.05) is 12.5 Å². The smallest absolute Gasteiger partial charge is 0.407 e. The zero-order valence-corrected chi connectivity index (χ0v) is 23.7. The molecule has 0 unspecified atom stereocenters. The van der Waals surface area contributed by atoms with Crippen molar-refractivity contribution in [2.75, 3.05) is 19.8 Å². The first-order valence-electron chi connectivity index (χ1n) is 12.9. The fourth-order valence-corrected chi connectivity index (χ4v) is 4.31. The Bertz CT molecular complexity index is 1040. The number of benzene rings is 2. The van der Waals surface area contributed by atoms with Crippen LogP contribution in [0.2, 0.25) is 0 Å². The number of hydrogen-bond acceptors (Lipinski definition) is 6. The third-order valence-corrected chi connectivity index (χ3v) is 5.96. The van der Waals surface area contributed by atoms with Gasteiger partial charge in [0.2, 0.25) is 0 Å². The number of rotatable bonds is 11. The van der Waals surface area contributed by atoms with Crippen LogP contribution in [0.1, 0.15) is 70.4 Å². The van der Waals surface area contributed by atoms with E-state index in [-0.39, 0.29) is 32.6 Å². The predicted octanol–water partition coefficient (Wildman–Crippen LogP) is 5.65.